The Hall–Kier alpha value is -1.91. The third kappa shape index (κ3) is 2.91. The zero-order valence-electron chi connectivity index (χ0n) is 11.0. The molecule has 0 saturated heterocycles. The molecule has 1 heterocycles. The SMILES string of the molecule is O=C(O)C(Cc1ccccc1Cl)c1nc2ccccc2s1. The number of rotatable bonds is 4. The molecule has 0 bridgehead atoms. The molecule has 0 amide bonds. The zero-order valence-corrected chi connectivity index (χ0v) is 12.6. The molecule has 0 aliphatic rings. The largest absolute Gasteiger partial charge is 0.481 e. The predicted molar refractivity (Wildman–Crippen MR) is 85.2 cm³/mol. The Balaban J connectivity index is 1.98. The Bertz CT molecular complexity index is 767. The maximum atomic E-state index is 11.6. The summed E-state index contributed by atoms with van der Waals surface area (Å²) in [4.78, 5) is 16.1. The molecule has 106 valence electrons. The fraction of sp³-hybridized carbons (Fsp3) is 0.125. The first kappa shape index (κ1) is 14.0. The summed E-state index contributed by atoms with van der Waals surface area (Å²) in [5.41, 5.74) is 1.66. The molecule has 0 spiro atoms. The van der Waals surface area contributed by atoms with Crippen molar-refractivity contribution < 1.29 is 9.90 Å². The van der Waals surface area contributed by atoms with E-state index < -0.39 is 11.9 Å². The van der Waals surface area contributed by atoms with E-state index in [1.165, 1.54) is 11.3 Å². The summed E-state index contributed by atoms with van der Waals surface area (Å²) in [6.45, 7) is 0. The molecule has 1 atom stereocenters. The Kier molecular flexibility index (Phi) is 3.90. The van der Waals surface area contributed by atoms with Crippen LogP contribution in [0.4, 0.5) is 0 Å². The summed E-state index contributed by atoms with van der Waals surface area (Å²) < 4.78 is 0.998. The maximum Gasteiger partial charge on any atom is 0.313 e. The second-order valence-corrected chi connectivity index (χ2v) is 6.18. The molecule has 0 fully saturated rings. The van der Waals surface area contributed by atoms with E-state index in [9.17, 15) is 9.90 Å². The van der Waals surface area contributed by atoms with Gasteiger partial charge in [0.25, 0.3) is 0 Å². The Morgan fingerprint density at radius 1 is 1.19 bits per heavy atom. The minimum atomic E-state index is -0.881. The molecule has 0 radical (unpaired) electrons. The van der Waals surface area contributed by atoms with Crippen LogP contribution in [0.1, 0.15) is 16.5 Å². The second kappa shape index (κ2) is 5.84. The number of thiazole rings is 1. The molecule has 1 N–H and O–H groups in total. The van der Waals surface area contributed by atoms with Gasteiger partial charge >= 0.3 is 5.97 Å². The van der Waals surface area contributed by atoms with E-state index in [0.29, 0.717) is 16.5 Å². The predicted octanol–water partition coefficient (Wildman–Crippen LogP) is 4.36. The van der Waals surface area contributed by atoms with E-state index in [2.05, 4.69) is 4.98 Å². The van der Waals surface area contributed by atoms with Gasteiger partial charge in [0.15, 0.2) is 0 Å². The van der Waals surface area contributed by atoms with Gasteiger partial charge in [-0.05, 0) is 30.2 Å². The van der Waals surface area contributed by atoms with Crippen LogP contribution in [0.25, 0.3) is 10.2 Å². The molecule has 3 aromatic rings. The fourth-order valence-corrected chi connectivity index (χ4v) is 3.48. The number of carbonyl (C=O) groups is 1. The van der Waals surface area contributed by atoms with Gasteiger partial charge in [-0.15, -0.1) is 11.3 Å². The quantitative estimate of drug-likeness (QED) is 0.777. The van der Waals surface area contributed by atoms with Crippen LogP contribution in [0.5, 0.6) is 0 Å². The molecule has 0 saturated carbocycles. The van der Waals surface area contributed by atoms with Gasteiger partial charge in [0.05, 0.1) is 10.2 Å². The fourth-order valence-electron chi connectivity index (χ4n) is 2.20. The van der Waals surface area contributed by atoms with Gasteiger partial charge in [-0.25, -0.2) is 4.98 Å². The van der Waals surface area contributed by atoms with E-state index >= 15 is 0 Å². The molecule has 1 aromatic heterocycles. The van der Waals surface area contributed by atoms with E-state index in [1.807, 2.05) is 42.5 Å². The molecular weight excluding hydrogens is 306 g/mol. The van der Waals surface area contributed by atoms with Crippen LogP contribution in [-0.2, 0) is 11.2 Å². The Morgan fingerprint density at radius 2 is 1.90 bits per heavy atom. The summed E-state index contributed by atoms with van der Waals surface area (Å²) in [5, 5.41) is 10.7. The van der Waals surface area contributed by atoms with Gasteiger partial charge < -0.3 is 5.11 Å². The molecule has 21 heavy (non-hydrogen) atoms. The van der Waals surface area contributed by atoms with Crippen molar-refractivity contribution in [2.45, 2.75) is 12.3 Å². The third-order valence-electron chi connectivity index (χ3n) is 3.29. The number of benzene rings is 2. The highest BCUT2D eigenvalue weighted by Gasteiger charge is 2.25. The lowest BCUT2D eigenvalue weighted by Crippen LogP contribution is -2.14. The zero-order chi connectivity index (χ0) is 14.8. The highest BCUT2D eigenvalue weighted by Crippen LogP contribution is 2.31. The minimum absolute atomic E-state index is 0.342. The van der Waals surface area contributed by atoms with Crippen molar-refractivity contribution in [3.63, 3.8) is 0 Å². The summed E-state index contributed by atoms with van der Waals surface area (Å²) in [5.74, 6) is -1.56. The number of halogens is 1. The van der Waals surface area contributed by atoms with Crippen molar-refractivity contribution in [1.82, 2.24) is 4.98 Å². The topological polar surface area (TPSA) is 50.2 Å². The average Bonchev–Trinajstić information content (AvgIpc) is 2.89. The molecular formula is C16H12ClNO2S. The summed E-state index contributed by atoms with van der Waals surface area (Å²) in [7, 11) is 0. The summed E-state index contributed by atoms with van der Waals surface area (Å²) in [6, 6.07) is 15.0. The van der Waals surface area contributed by atoms with Gasteiger partial charge in [-0.3, -0.25) is 4.79 Å². The summed E-state index contributed by atoms with van der Waals surface area (Å²) >= 11 is 7.55. The number of nitrogens with zero attached hydrogens (tertiary/aromatic N) is 1. The molecule has 2 aromatic carbocycles. The summed E-state index contributed by atoms with van der Waals surface area (Å²) in [6.07, 6.45) is 0.342. The first-order valence-electron chi connectivity index (χ1n) is 6.47. The number of aliphatic carboxylic acids is 1. The van der Waals surface area contributed by atoms with Crippen LogP contribution in [-0.4, -0.2) is 16.1 Å². The smallest absolute Gasteiger partial charge is 0.313 e. The van der Waals surface area contributed by atoms with E-state index in [4.69, 9.17) is 11.6 Å². The highest BCUT2D eigenvalue weighted by atomic mass is 35.5. The van der Waals surface area contributed by atoms with Crippen LogP contribution in [0.15, 0.2) is 48.5 Å². The second-order valence-electron chi connectivity index (χ2n) is 4.71. The Labute approximate surface area is 130 Å². The molecule has 1 unspecified atom stereocenters. The van der Waals surface area contributed by atoms with Crippen molar-refractivity contribution in [3.05, 3.63) is 64.1 Å². The maximum absolute atomic E-state index is 11.6. The van der Waals surface area contributed by atoms with E-state index in [1.54, 1.807) is 6.07 Å². The lowest BCUT2D eigenvalue weighted by molar-refractivity contribution is -0.138. The first-order chi connectivity index (χ1) is 10.1. The van der Waals surface area contributed by atoms with E-state index in [0.717, 1.165) is 15.8 Å². The molecule has 3 rings (SSSR count). The van der Waals surface area contributed by atoms with Gasteiger partial charge in [0.2, 0.25) is 0 Å². The molecule has 5 heteroatoms. The average molecular weight is 318 g/mol. The van der Waals surface area contributed by atoms with Crippen LogP contribution in [0, 0.1) is 0 Å². The van der Waals surface area contributed by atoms with Gasteiger partial charge in [0.1, 0.15) is 10.9 Å². The number of hydrogen-bond acceptors (Lipinski definition) is 3. The normalized spacial score (nSPS) is 12.4. The molecule has 0 aliphatic heterocycles. The molecule has 3 nitrogen and oxygen atoms in total. The highest BCUT2D eigenvalue weighted by molar-refractivity contribution is 7.18. The third-order valence-corrected chi connectivity index (χ3v) is 4.81. The Morgan fingerprint density at radius 3 is 2.62 bits per heavy atom. The van der Waals surface area contributed by atoms with Crippen molar-refractivity contribution in [2.75, 3.05) is 0 Å². The van der Waals surface area contributed by atoms with Gasteiger partial charge in [-0.1, -0.05) is 41.9 Å². The number of aromatic nitrogens is 1. The first-order valence-corrected chi connectivity index (χ1v) is 7.66. The number of carboxylic acids is 1. The van der Waals surface area contributed by atoms with Crippen LogP contribution >= 0.6 is 22.9 Å². The van der Waals surface area contributed by atoms with Crippen LogP contribution < -0.4 is 0 Å². The van der Waals surface area contributed by atoms with Crippen molar-refractivity contribution in [3.8, 4) is 0 Å². The number of para-hydroxylation sites is 1. The molecule has 0 aliphatic carbocycles. The number of hydrogen-bond donors (Lipinski definition) is 1. The van der Waals surface area contributed by atoms with Crippen LogP contribution in [0.2, 0.25) is 5.02 Å². The van der Waals surface area contributed by atoms with Gasteiger partial charge in [0, 0.05) is 5.02 Å². The standard InChI is InChI=1S/C16H12ClNO2S/c17-12-6-2-1-5-10(12)9-11(16(19)20)15-18-13-7-3-4-8-14(13)21-15/h1-8,11H,9H2,(H,19,20). The van der Waals surface area contributed by atoms with E-state index in [-0.39, 0.29) is 0 Å². The van der Waals surface area contributed by atoms with Crippen molar-refractivity contribution >= 4 is 39.1 Å². The minimum Gasteiger partial charge on any atom is -0.481 e. The van der Waals surface area contributed by atoms with Gasteiger partial charge in [-0.2, -0.15) is 0 Å². The number of fused-ring (bicyclic) bond motifs is 1. The van der Waals surface area contributed by atoms with Crippen molar-refractivity contribution in [1.29, 1.82) is 0 Å². The monoisotopic (exact) mass is 317 g/mol. The van der Waals surface area contributed by atoms with Crippen LogP contribution in [0.3, 0.4) is 0 Å². The lowest BCUT2D eigenvalue weighted by Gasteiger charge is -2.10. The van der Waals surface area contributed by atoms with Crippen molar-refractivity contribution in [2.24, 2.45) is 0 Å². The lowest BCUT2D eigenvalue weighted by atomic mass is 10.00. The number of carboxylic acid groups (broad SMARTS) is 1.